The number of rotatable bonds is 4. The molecule has 1 saturated carbocycles. The summed E-state index contributed by atoms with van der Waals surface area (Å²) in [6.07, 6.45) is 5.41. The standard InChI is InChI=1S/C23H32O4/c1-15(2)23(26)12-11-22(4)10-9-16(3)13-19(21(22)23)27-20(25)14-17-5-7-18(24)8-6-17/h5-9,15,19,21,24,26H,10-14H2,1-4H3/t19-,21+,22-,23+/m0/s1. The lowest BCUT2D eigenvalue weighted by Gasteiger charge is -2.43. The number of phenols is 1. The lowest BCUT2D eigenvalue weighted by Crippen LogP contribution is -2.50. The van der Waals surface area contributed by atoms with Gasteiger partial charge in [0.2, 0.25) is 0 Å². The Morgan fingerprint density at radius 1 is 1.26 bits per heavy atom. The highest BCUT2D eigenvalue weighted by Crippen LogP contribution is 2.58. The fraction of sp³-hybridized carbons (Fsp3) is 0.609. The average molecular weight is 373 g/mol. The fourth-order valence-corrected chi connectivity index (χ4v) is 5.07. The first kappa shape index (κ1) is 19.9. The third-order valence-electron chi connectivity index (χ3n) is 6.77. The van der Waals surface area contributed by atoms with Gasteiger partial charge in [-0.15, -0.1) is 0 Å². The Kier molecular flexibility index (Phi) is 5.40. The van der Waals surface area contributed by atoms with Crippen LogP contribution in [-0.2, 0) is 16.0 Å². The van der Waals surface area contributed by atoms with Gasteiger partial charge in [0, 0.05) is 12.3 Å². The van der Waals surface area contributed by atoms with Crippen LogP contribution in [0.3, 0.4) is 0 Å². The summed E-state index contributed by atoms with van der Waals surface area (Å²) in [5, 5.41) is 20.9. The van der Waals surface area contributed by atoms with Crippen molar-refractivity contribution in [3.8, 4) is 5.75 Å². The van der Waals surface area contributed by atoms with Crippen LogP contribution < -0.4 is 0 Å². The number of benzene rings is 1. The van der Waals surface area contributed by atoms with Gasteiger partial charge in [-0.1, -0.05) is 44.6 Å². The summed E-state index contributed by atoms with van der Waals surface area (Å²) in [5.41, 5.74) is 1.17. The summed E-state index contributed by atoms with van der Waals surface area (Å²) in [6.45, 7) is 8.44. The van der Waals surface area contributed by atoms with Crippen LogP contribution in [0.15, 0.2) is 35.9 Å². The van der Waals surface area contributed by atoms with Crippen molar-refractivity contribution in [1.82, 2.24) is 0 Å². The number of phenolic OH excluding ortho intramolecular Hbond substituents is 1. The molecule has 4 nitrogen and oxygen atoms in total. The van der Waals surface area contributed by atoms with Crippen LogP contribution in [0.5, 0.6) is 5.75 Å². The Hall–Kier alpha value is -1.81. The van der Waals surface area contributed by atoms with E-state index < -0.39 is 5.60 Å². The Morgan fingerprint density at radius 2 is 1.93 bits per heavy atom. The van der Waals surface area contributed by atoms with Gasteiger partial charge in [0.15, 0.2) is 0 Å². The van der Waals surface area contributed by atoms with E-state index in [1.807, 2.05) is 0 Å². The lowest BCUT2D eigenvalue weighted by atomic mass is 9.67. The summed E-state index contributed by atoms with van der Waals surface area (Å²) >= 11 is 0. The molecule has 1 aromatic carbocycles. The number of aliphatic hydroxyl groups is 1. The second-order valence-corrected chi connectivity index (χ2v) is 9.11. The molecule has 2 aliphatic carbocycles. The molecule has 1 aromatic rings. The molecule has 0 heterocycles. The van der Waals surface area contributed by atoms with Crippen LogP contribution in [0.1, 0.15) is 58.9 Å². The number of carbonyl (C=O) groups is 1. The van der Waals surface area contributed by atoms with Gasteiger partial charge in [0.25, 0.3) is 0 Å². The summed E-state index contributed by atoms with van der Waals surface area (Å²) in [4.78, 5) is 12.7. The van der Waals surface area contributed by atoms with E-state index in [1.165, 1.54) is 5.57 Å². The van der Waals surface area contributed by atoms with E-state index >= 15 is 0 Å². The van der Waals surface area contributed by atoms with Gasteiger partial charge < -0.3 is 14.9 Å². The van der Waals surface area contributed by atoms with E-state index in [2.05, 4.69) is 33.8 Å². The zero-order chi connectivity index (χ0) is 19.8. The van der Waals surface area contributed by atoms with E-state index in [0.717, 1.165) is 24.8 Å². The van der Waals surface area contributed by atoms with Crippen molar-refractivity contribution in [2.24, 2.45) is 17.3 Å². The van der Waals surface area contributed by atoms with Crippen LogP contribution in [0.4, 0.5) is 0 Å². The Bertz CT molecular complexity index is 720. The summed E-state index contributed by atoms with van der Waals surface area (Å²) in [7, 11) is 0. The van der Waals surface area contributed by atoms with E-state index in [1.54, 1.807) is 24.3 Å². The molecule has 3 rings (SSSR count). The van der Waals surface area contributed by atoms with Gasteiger partial charge in [-0.2, -0.15) is 0 Å². The molecule has 2 N–H and O–H groups in total. The highest BCUT2D eigenvalue weighted by atomic mass is 16.5. The van der Waals surface area contributed by atoms with Gasteiger partial charge in [0.05, 0.1) is 12.0 Å². The predicted molar refractivity (Wildman–Crippen MR) is 105 cm³/mol. The molecule has 27 heavy (non-hydrogen) atoms. The highest BCUT2D eigenvalue weighted by Gasteiger charge is 2.59. The van der Waals surface area contributed by atoms with Gasteiger partial charge >= 0.3 is 5.97 Å². The number of aromatic hydroxyl groups is 1. The van der Waals surface area contributed by atoms with Crippen LogP contribution in [-0.4, -0.2) is 27.9 Å². The predicted octanol–water partition coefficient (Wildman–Crippen LogP) is 4.39. The zero-order valence-electron chi connectivity index (χ0n) is 16.9. The van der Waals surface area contributed by atoms with Crippen LogP contribution in [0.25, 0.3) is 0 Å². The highest BCUT2D eigenvalue weighted by molar-refractivity contribution is 5.73. The molecule has 0 spiro atoms. The first-order chi connectivity index (χ1) is 12.6. The molecule has 0 aromatic heterocycles. The number of hydrogen-bond donors (Lipinski definition) is 2. The first-order valence-electron chi connectivity index (χ1n) is 9.99. The first-order valence-corrected chi connectivity index (χ1v) is 9.99. The molecule has 0 amide bonds. The molecule has 148 valence electrons. The Morgan fingerprint density at radius 3 is 2.56 bits per heavy atom. The molecule has 0 aliphatic heterocycles. The number of allylic oxidation sites excluding steroid dienone is 1. The lowest BCUT2D eigenvalue weighted by molar-refractivity contribution is -0.165. The monoisotopic (exact) mass is 372 g/mol. The van der Waals surface area contributed by atoms with Crippen molar-refractivity contribution >= 4 is 5.97 Å². The third-order valence-corrected chi connectivity index (χ3v) is 6.77. The maximum absolute atomic E-state index is 12.7. The van der Waals surface area contributed by atoms with Crippen molar-refractivity contribution in [3.05, 3.63) is 41.5 Å². The largest absolute Gasteiger partial charge is 0.508 e. The minimum Gasteiger partial charge on any atom is -0.508 e. The average Bonchev–Trinajstić information content (AvgIpc) is 2.80. The number of ether oxygens (including phenoxy) is 1. The van der Waals surface area contributed by atoms with Gasteiger partial charge in [-0.05, 0) is 55.2 Å². The van der Waals surface area contributed by atoms with Crippen molar-refractivity contribution in [2.45, 2.75) is 71.5 Å². The summed E-state index contributed by atoms with van der Waals surface area (Å²) in [6, 6.07) is 6.62. The van der Waals surface area contributed by atoms with Crippen molar-refractivity contribution < 1.29 is 19.7 Å². The molecular formula is C23H32O4. The Balaban J connectivity index is 1.83. The van der Waals surface area contributed by atoms with Gasteiger partial charge in [0.1, 0.15) is 11.9 Å². The Labute approximate surface area is 162 Å². The number of carbonyl (C=O) groups excluding carboxylic acids is 1. The SMILES string of the molecule is CC1=CC[C@@]2(C)CC[C@@](O)(C(C)C)[C@@H]2[C@@H](OC(=O)Cc2ccc(O)cc2)C1. The molecule has 0 radical (unpaired) electrons. The van der Waals surface area contributed by atoms with E-state index in [9.17, 15) is 15.0 Å². The zero-order valence-corrected chi connectivity index (χ0v) is 16.9. The third kappa shape index (κ3) is 3.91. The smallest absolute Gasteiger partial charge is 0.310 e. The molecule has 1 fully saturated rings. The number of esters is 1. The van der Waals surface area contributed by atoms with E-state index in [0.29, 0.717) is 6.42 Å². The topological polar surface area (TPSA) is 66.8 Å². The van der Waals surface area contributed by atoms with E-state index in [4.69, 9.17) is 4.74 Å². The summed E-state index contributed by atoms with van der Waals surface area (Å²) < 4.78 is 6.00. The maximum atomic E-state index is 12.7. The maximum Gasteiger partial charge on any atom is 0.310 e. The molecule has 4 heteroatoms. The van der Waals surface area contributed by atoms with Crippen molar-refractivity contribution in [3.63, 3.8) is 0 Å². The van der Waals surface area contributed by atoms with Crippen LogP contribution in [0, 0.1) is 17.3 Å². The second-order valence-electron chi connectivity index (χ2n) is 9.11. The van der Waals surface area contributed by atoms with Crippen molar-refractivity contribution in [1.29, 1.82) is 0 Å². The van der Waals surface area contributed by atoms with Gasteiger partial charge in [-0.3, -0.25) is 4.79 Å². The minimum absolute atomic E-state index is 0.0553. The van der Waals surface area contributed by atoms with Crippen molar-refractivity contribution in [2.75, 3.05) is 0 Å². The number of hydrogen-bond acceptors (Lipinski definition) is 4. The summed E-state index contributed by atoms with van der Waals surface area (Å²) in [5.74, 6) is -0.0513. The molecule has 4 atom stereocenters. The molecule has 0 saturated heterocycles. The molecule has 0 bridgehead atoms. The van der Waals surface area contributed by atoms with Gasteiger partial charge in [-0.25, -0.2) is 0 Å². The molecule has 0 unspecified atom stereocenters. The van der Waals surface area contributed by atoms with E-state index in [-0.39, 0.29) is 41.5 Å². The minimum atomic E-state index is -0.809. The normalized spacial score (nSPS) is 33.3. The van der Waals surface area contributed by atoms with Crippen LogP contribution >= 0.6 is 0 Å². The fourth-order valence-electron chi connectivity index (χ4n) is 5.07. The second kappa shape index (κ2) is 7.31. The quantitative estimate of drug-likeness (QED) is 0.608. The molecular weight excluding hydrogens is 340 g/mol. The van der Waals surface area contributed by atoms with Crippen LogP contribution in [0.2, 0.25) is 0 Å². The number of fused-ring (bicyclic) bond motifs is 1. The molecule has 2 aliphatic rings.